The number of ether oxygens (including phenoxy) is 1. The highest BCUT2D eigenvalue weighted by Crippen LogP contribution is 2.39. The molecule has 0 atom stereocenters. The quantitative estimate of drug-likeness (QED) is 0.804. The first-order valence-corrected chi connectivity index (χ1v) is 7.59. The predicted octanol–water partition coefficient (Wildman–Crippen LogP) is 3.99. The molecule has 0 radical (unpaired) electrons. The average molecular weight is 384 g/mol. The maximum Gasteiger partial charge on any atom is 0.452 e. The highest BCUT2D eigenvalue weighted by molar-refractivity contribution is 6.36. The number of alkyl halides is 3. The molecule has 0 aliphatic carbocycles. The number of halogens is 5. The van der Waals surface area contributed by atoms with Crippen LogP contribution in [0, 0.1) is 6.92 Å². The zero-order valence-electron chi connectivity index (χ0n) is 13.2. The van der Waals surface area contributed by atoms with Crippen molar-refractivity contribution in [3.8, 4) is 11.4 Å². The van der Waals surface area contributed by atoms with Gasteiger partial charge < -0.3 is 4.74 Å². The molecule has 0 aliphatic rings. The van der Waals surface area contributed by atoms with Crippen LogP contribution in [0.1, 0.15) is 25.2 Å². The summed E-state index contributed by atoms with van der Waals surface area (Å²) in [5.74, 6) is -1.13. The third-order valence-corrected chi connectivity index (χ3v) is 3.91. The van der Waals surface area contributed by atoms with Crippen molar-refractivity contribution in [2.24, 2.45) is 7.05 Å². The van der Waals surface area contributed by atoms with Gasteiger partial charge in [0.25, 0.3) is 0 Å². The first kappa shape index (κ1) is 18.7. The van der Waals surface area contributed by atoms with Crippen LogP contribution in [0.15, 0.2) is 10.9 Å². The summed E-state index contributed by atoms with van der Waals surface area (Å²) in [6.45, 7) is 5.08. The van der Waals surface area contributed by atoms with Gasteiger partial charge in [0.05, 0.1) is 21.8 Å². The smallest absolute Gasteiger partial charge is 0.452 e. The first-order valence-electron chi connectivity index (χ1n) is 6.84. The molecule has 0 spiro atoms. The van der Waals surface area contributed by atoms with E-state index in [1.807, 2.05) is 0 Å². The van der Waals surface area contributed by atoms with Gasteiger partial charge >= 0.3 is 11.9 Å². The Morgan fingerprint density at radius 2 is 1.88 bits per heavy atom. The highest BCUT2D eigenvalue weighted by atomic mass is 35.5. The number of hydrogen-bond acceptors (Lipinski definition) is 3. The molecule has 0 aliphatic heterocycles. The third-order valence-electron chi connectivity index (χ3n) is 3.15. The monoisotopic (exact) mass is 383 g/mol. The van der Waals surface area contributed by atoms with E-state index in [-0.39, 0.29) is 27.6 Å². The number of hydrogen-bond donors (Lipinski definition) is 0. The number of nitrogens with zero attached hydrogens (tertiary/aromatic N) is 3. The Morgan fingerprint density at radius 1 is 1.29 bits per heavy atom. The molecule has 0 bridgehead atoms. The van der Waals surface area contributed by atoms with Crippen LogP contribution in [-0.4, -0.2) is 20.5 Å². The van der Waals surface area contributed by atoms with Crippen LogP contribution in [0.2, 0.25) is 10.0 Å². The van der Waals surface area contributed by atoms with Gasteiger partial charge in [0, 0.05) is 12.6 Å². The van der Waals surface area contributed by atoms with Gasteiger partial charge in [0.15, 0.2) is 0 Å². The lowest BCUT2D eigenvalue weighted by atomic mass is 10.2. The van der Waals surface area contributed by atoms with Gasteiger partial charge in [-0.25, -0.2) is 14.0 Å². The fraction of sp³-hybridized carbons (Fsp3) is 0.429. The minimum absolute atomic E-state index is 0.0458. The molecule has 5 nitrogen and oxygen atoms in total. The number of benzene rings is 1. The van der Waals surface area contributed by atoms with Gasteiger partial charge in [0.2, 0.25) is 5.82 Å². The van der Waals surface area contributed by atoms with E-state index in [2.05, 4.69) is 5.10 Å². The normalized spacial score (nSPS) is 12.1. The Kier molecular flexibility index (Phi) is 4.92. The van der Waals surface area contributed by atoms with Crippen LogP contribution in [0.5, 0.6) is 5.75 Å². The Labute approximate surface area is 145 Å². The Balaban J connectivity index is 2.79. The van der Waals surface area contributed by atoms with Crippen LogP contribution in [0.3, 0.4) is 0 Å². The molecule has 24 heavy (non-hydrogen) atoms. The Morgan fingerprint density at radius 3 is 2.38 bits per heavy atom. The first-order chi connectivity index (χ1) is 10.9. The van der Waals surface area contributed by atoms with E-state index in [9.17, 15) is 18.0 Å². The molecule has 0 unspecified atom stereocenters. The number of aryl methyl sites for hydroxylation is 1. The average Bonchev–Trinajstić information content (AvgIpc) is 2.75. The summed E-state index contributed by atoms with van der Waals surface area (Å²) in [6.07, 6.45) is -5.05. The molecule has 1 heterocycles. The van der Waals surface area contributed by atoms with Crippen molar-refractivity contribution < 1.29 is 17.9 Å². The zero-order chi connectivity index (χ0) is 18.4. The molecule has 0 fully saturated rings. The van der Waals surface area contributed by atoms with Crippen molar-refractivity contribution in [1.82, 2.24) is 14.3 Å². The largest absolute Gasteiger partial charge is 0.489 e. The van der Waals surface area contributed by atoms with E-state index >= 15 is 0 Å². The predicted molar refractivity (Wildman–Crippen MR) is 84.3 cm³/mol. The summed E-state index contributed by atoms with van der Waals surface area (Å²) >= 11 is 12.3. The molecule has 0 saturated heterocycles. The van der Waals surface area contributed by atoms with E-state index in [1.165, 1.54) is 0 Å². The lowest BCUT2D eigenvalue weighted by Gasteiger charge is -2.18. The Hall–Kier alpha value is -1.67. The molecule has 1 aromatic heterocycles. The zero-order valence-corrected chi connectivity index (χ0v) is 14.7. The van der Waals surface area contributed by atoms with Gasteiger partial charge in [0.1, 0.15) is 5.75 Å². The van der Waals surface area contributed by atoms with Gasteiger partial charge in [-0.15, -0.1) is 5.10 Å². The summed E-state index contributed by atoms with van der Waals surface area (Å²) in [5, 5.41) is 3.21. The highest BCUT2D eigenvalue weighted by Gasteiger charge is 2.40. The minimum Gasteiger partial charge on any atom is -0.489 e. The van der Waals surface area contributed by atoms with Crippen LogP contribution >= 0.6 is 23.2 Å². The van der Waals surface area contributed by atoms with E-state index in [0.29, 0.717) is 14.8 Å². The standard InChI is InChI=1S/C14H14Cl2F3N3O2/c1-6(2)24-11-7(3)10(16)9(5-8(11)15)22-12(14(17,18)19)20-21(4)13(22)23/h5-6H,1-4H3. The SMILES string of the molecule is Cc1c(Cl)c(-n2c(C(F)(F)F)nn(C)c2=O)cc(Cl)c1OC(C)C. The summed E-state index contributed by atoms with van der Waals surface area (Å²) < 4.78 is 46.0. The van der Waals surface area contributed by atoms with E-state index < -0.39 is 17.7 Å². The van der Waals surface area contributed by atoms with Gasteiger partial charge in [-0.1, -0.05) is 23.2 Å². The van der Waals surface area contributed by atoms with Gasteiger partial charge in [-0.3, -0.25) is 0 Å². The van der Waals surface area contributed by atoms with Crippen LogP contribution in [0.25, 0.3) is 5.69 Å². The molecule has 2 rings (SSSR count). The molecule has 0 saturated carbocycles. The van der Waals surface area contributed by atoms with Crippen molar-refractivity contribution in [2.45, 2.75) is 33.1 Å². The minimum atomic E-state index is -4.84. The maximum absolute atomic E-state index is 13.2. The molecule has 0 amide bonds. The Bertz CT molecular complexity index is 841. The second kappa shape index (κ2) is 6.33. The van der Waals surface area contributed by atoms with E-state index in [0.717, 1.165) is 13.1 Å². The summed E-state index contributed by atoms with van der Waals surface area (Å²) in [7, 11) is 1.12. The molecular weight excluding hydrogens is 370 g/mol. The molecule has 0 N–H and O–H groups in total. The third kappa shape index (κ3) is 3.25. The summed E-state index contributed by atoms with van der Waals surface area (Å²) in [6, 6.07) is 1.16. The topological polar surface area (TPSA) is 49.0 Å². The lowest BCUT2D eigenvalue weighted by Crippen LogP contribution is -2.24. The van der Waals surface area contributed by atoms with Crippen LogP contribution in [-0.2, 0) is 13.2 Å². The molecular formula is C14H14Cl2F3N3O2. The van der Waals surface area contributed by atoms with Crippen molar-refractivity contribution >= 4 is 23.2 Å². The van der Waals surface area contributed by atoms with Crippen molar-refractivity contribution in [1.29, 1.82) is 0 Å². The lowest BCUT2D eigenvalue weighted by molar-refractivity contribution is -0.146. The van der Waals surface area contributed by atoms with E-state index in [1.54, 1.807) is 20.8 Å². The fourth-order valence-electron chi connectivity index (χ4n) is 2.13. The molecule has 2 aromatic rings. The van der Waals surface area contributed by atoms with Crippen molar-refractivity contribution in [3.63, 3.8) is 0 Å². The van der Waals surface area contributed by atoms with Gasteiger partial charge in [-0.2, -0.15) is 13.2 Å². The number of aromatic nitrogens is 3. The van der Waals surface area contributed by atoms with Crippen molar-refractivity contribution in [2.75, 3.05) is 0 Å². The second-order valence-corrected chi connectivity index (χ2v) is 6.16. The molecule has 10 heteroatoms. The van der Waals surface area contributed by atoms with Gasteiger partial charge in [-0.05, 0) is 26.8 Å². The van der Waals surface area contributed by atoms with E-state index in [4.69, 9.17) is 27.9 Å². The van der Waals surface area contributed by atoms with Crippen LogP contribution < -0.4 is 10.4 Å². The maximum atomic E-state index is 13.2. The summed E-state index contributed by atoms with van der Waals surface area (Å²) in [4.78, 5) is 12.1. The summed E-state index contributed by atoms with van der Waals surface area (Å²) in [5.41, 5.74) is -0.866. The van der Waals surface area contributed by atoms with Crippen LogP contribution in [0.4, 0.5) is 13.2 Å². The molecule has 132 valence electrons. The molecule has 1 aromatic carbocycles. The fourth-order valence-corrected chi connectivity index (χ4v) is 2.64. The number of rotatable bonds is 3. The second-order valence-electron chi connectivity index (χ2n) is 5.38. The van der Waals surface area contributed by atoms with Crippen molar-refractivity contribution in [3.05, 3.63) is 38.0 Å².